The first-order chi connectivity index (χ1) is 7.89. The average molecular weight is 231 g/mol. The van der Waals surface area contributed by atoms with Crippen molar-refractivity contribution in [1.29, 1.82) is 0 Å². The second-order valence-electron chi connectivity index (χ2n) is 6.04. The van der Waals surface area contributed by atoms with E-state index in [9.17, 15) is 4.79 Å². The van der Waals surface area contributed by atoms with Gasteiger partial charge in [0.2, 0.25) is 5.91 Å². The van der Waals surface area contributed by atoms with Crippen LogP contribution in [0, 0.1) is 5.41 Å². The highest BCUT2D eigenvalue weighted by atomic mass is 16.1. The number of amides is 1. The minimum Gasteiger partial charge on any atom is -0.350 e. The first-order valence-corrected chi connectivity index (χ1v) is 6.25. The molecule has 1 amide bonds. The molecule has 1 aromatic rings. The van der Waals surface area contributed by atoms with Gasteiger partial charge >= 0.3 is 0 Å². The lowest BCUT2D eigenvalue weighted by molar-refractivity contribution is -0.119. The van der Waals surface area contributed by atoms with Crippen molar-refractivity contribution in [2.45, 2.75) is 46.1 Å². The van der Waals surface area contributed by atoms with Crippen LogP contribution in [0.5, 0.6) is 0 Å². The smallest absolute Gasteiger partial charge is 0.217 e. The van der Waals surface area contributed by atoms with E-state index in [1.165, 1.54) is 11.1 Å². The van der Waals surface area contributed by atoms with Crippen LogP contribution in [0.25, 0.3) is 0 Å². The third kappa shape index (κ3) is 2.36. The molecular formula is C15H21NO. The SMILES string of the molecule is CC(=O)NC1CC(C(C)(C)C)c2ccccc21. The quantitative estimate of drug-likeness (QED) is 0.788. The minimum absolute atomic E-state index is 0.0550. The van der Waals surface area contributed by atoms with E-state index in [1.54, 1.807) is 6.92 Å². The van der Waals surface area contributed by atoms with E-state index in [4.69, 9.17) is 0 Å². The maximum atomic E-state index is 11.3. The highest BCUT2D eigenvalue weighted by molar-refractivity contribution is 5.73. The summed E-state index contributed by atoms with van der Waals surface area (Å²) in [6, 6.07) is 8.68. The summed E-state index contributed by atoms with van der Waals surface area (Å²) in [6.07, 6.45) is 1.02. The van der Waals surface area contributed by atoms with Crippen LogP contribution in [0.4, 0.5) is 0 Å². The molecule has 1 N–H and O–H groups in total. The number of hydrogen-bond donors (Lipinski definition) is 1. The fourth-order valence-corrected chi connectivity index (χ4v) is 2.84. The van der Waals surface area contributed by atoms with Crippen LogP contribution in [0.3, 0.4) is 0 Å². The summed E-state index contributed by atoms with van der Waals surface area (Å²) in [5.74, 6) is 0.579. The minimum atomic E-state index is 0.0550. The molecule has 0 heterocycles. The third-order valence-corrected chi connectivity index (χ3v) is 3.64. The number of nitrogens with one attached hydrogen (secondary N) is 1. The molecule has 0 bridgehead atoms. The summed E-state index contributed by atoms with van der Waals surface area (Å²) in [6.45, 7) is 8.40. The lowest BCUT2D eigenvalue weighted by Crippen LogP contribution is -2.25. The first-order valence-electron chi connectivity index (χ1n) is 6.25. The lowest BCUT2D eigenvalue weighted by atomic mass is 9.77. The van der Waals surface area contributed by atoms with Crippen LogP contribution in [0.1, 0.15) is 57.2 Å². The molecule has 0 fully saturated rings. The van der Waals surface area contributed by atoms with Gasteiger partial charge in [0, 0.05) is 6.92 Å². The predicted molar refractivity (Wildman–Crippen MR) is 69.8 cm³/mol. The Kier molecular flexibility index (Phi) is 2.98. The highest BCUT2D eigenvalue weighted by Gasteiger charge is 2.37. The monoisotopic (exact) mass is 231 g/mol. The summed E-state index contributed by atoms with van der Waals surface area (Å²) >= 11 is 0. The number of carbonyl (C=O) groups is 1. The molecule has 17 heavy (non-hydrogen) atoms. The first kappa shape index (κ1) is 12.2. The van der Waals surface area contributed by atoms with E-state index >= 15 is 0 Å². The van der Waals surface area contributed by atoms with Crippen molar-refractivity contribution in [3.63, 3.8) is 0 Å². The second kappa shape index (κ2) is 4.17. The standard InChI is InChI=1S/C15H21NO/c1-10(17)16-14-9-13(15(2,3)4)11-7-5-6-8-12(11)14/h5-8,13-14H,9H2,1-4H3,(H,16,17). The molecule has 2 atom stereocenters. The van der Waals surface area contributed by atoms with Gasteiger partial charge in [0.1, 0.15) is 0 Å². The van der Waals surface area contributed by atoms with Gasteiger partial charge in [-0.2, -0.15) is 0 Å². The van der Waals surface area contributed by atoms with Gasteiger partial charge in [0.15, 0.2) is 0 Å². The summed E-state index contributed by atoms with van der Waals surface area (Å²) in [5, 5.41) is 3.06. The number of rotatable bonds is 1. The Labute approximate surface area is 103 Å². The Morgan fingerprint density at radius 1 is 1.24 bits per heavy atom. The number of benzene rings is 1. The maximum Gasteiger partial charge on any atom is 0.217 e. The van der Waals surface area contributed by atoms with E-state index in [-0.39, 0.29) is 17.4 Å². The van der Waals surface area contributed by atoms with Crippen molar-refractivity contribution >= 4 is 5.91 Å². The number of hydrogen-bond acceptors (Lipinski definition) is 1. The molecule has 0 aliphatic heterocycles. The van der Waals surface area contributed by atoms with E-state index in [0.717, 1.165) is 6.42 Å². The van der Waals surface area contributed by atoms with Gasteiger partial charge in [0.25, 0.3) is 0 Å². The topological polar surface area (TPSA) is 29.1 Å². The van der Waals surface area contributed by atoms with Crippen molar-refractivity contribution in [3.8, 4) is 0 Å². The zero-order valence-electron chi connectivity index (χ0n) is 11.1. The highest BCUT2D eigenvalue weighted by Crippen LogP contribution is 2.48. The van der Waals surface area contributed by atoms with Crippen LogP contribution in [0.15, 0.2) is 24.3 Å². The summed E-state index contributed by atoms with van der Waals surface area (Å²) in [7, 11) is 0. The Hall–Kier alpha value is -1.31. The lowest BCUT2D eigenvalue weighted by Gasteiger charge is -2.28. The Balaban J connectivity index is 2.36. The van der Waals surface area contributed by atoms with Crippen molar-refractivity contribution in [3.05, 3.63) is 35.4 Å². The normalized spacial score (nSPS) is 23.3. The third-order valence-electron chi connectivity index (χ3n) is 3.64. The van der Waals surface area contributed by atoms with Crippen LogP contribution < -0.4 is 5.32 Å². The molecule has 0 saturated heterocycles. The van der Waals surface area contributed by atoms with Crippen LogP contribution >= 0.6 is 0 Å². The van der Waals surface area contributed by atoms with E-state index in [0.29, 0.717) is 5.92 Å². The van der Waals surface area contributed by atoms with Gasteiger partial charge in [-0.1, -0.05) is 45.0 Å². The van der Waals surface area contributed by atoms with Crippen molar-refractivity contribution in [2.24, 2.45) is 5.41 Å². The Bertz CT molecular complexity index is 431. The van der Waals surface area contributed by atoms with E-state index in [2.05, 4.69) is 50.4 Å². The average Bonchev–Trinajstić information content (AvgIpc) is 2.56. The van der Waals surface area contributed by atoms with Gasteiger partial charge in [-0.05, 0) is 28.9 Å². The zero-order valence-corrected chi connectivity index (χ0v) is 11.1. The molecule has 0 radical (unpaired) electrons. The van der Waals surface area contributed by atoms with Crippen LogP contribution in [-0.4, -0.2) is 5.91 Å². The Morgan fingerprint density at radius 2 is 1.82 bits per heavy atom. The summed E-state index contributed by atoms with van der Waals surface area (Å²) in [4.78, 5) is 11.3. The molecular weight excluding hydrogens is 210 g/mol. The molecule has 2 rings (SSSR count). The van der Waals surface area contributed by atoms with Crippen molar-refractivity contribution in [2.75, 3.05) is 0 Å². The van der Waals surface area contributed by atoms with Gasteiger partial charge in [-0.3, -0.25) is 4.79 Å². The van der Waals surface area contributed by atoms with Crippen LogP contribution in [0.2, 0.25) is 0 Å². The molecule has 1 aliphatic rings. The maximum absolute atomic E-state index is 11.3. The van der Waals surface area contributed by atoms with Crippen LogP contribution in [-0.2, 0) is 4.79 Å². The molecule has 92 valence electrons. The fraction of sp³-hybridized carbons (Fsp3) is 0.533. The summed E-state index contributed by atoms with van der Waals surface area (Å²) < 4.78 is 0. The molecule has 2 unspecified atom stereocenters. The molecule has 2 heteroatoms. The zero-order chi connectivity index (χ0) is 12.6. The van der Waals surface area contributed by atoms with Crippen molar-refractivity contribution in [1.82, 2.24) is 5.32 Å². The fourth-order valence-electron chi connectivity index (χ4n) is 2.84. The van der Waals surface area contributed by atoms with E-state index in [1.807, 2.05) is 0 Å². The second-order valence-corrected chi connectivity index (χ2v) is 6.04. The molecule has 0 aromatic heterocycles. The number of carbonyl (C=O) groups excluding carboxylic acids is 1. The van der Waals surface area contributed by atoms with Gasteiger partial charge in [-0.15, -0.1) is 0 Å². The van der Waals surface area contributed by atoms with E-state index < -0.39 is 0 Å². The molecule has 1 aliphatic carbocycles. The van der Waals surface area contributed by atoms with Crippen molar-refractivity contribution < 1.29 is 4.79 Å². The van der Waals surface area contributed by atoms with Gasteiger partial charge in [-0.25, -0.2) is 0 Å². The number of fused-ring (bicyclic) bond motifs is 1. The molecule has 0 saturated carbocycles. The van der Waals surface area contributed by atoms with Gasteiger partial charge in [0.05, 0.1) is 6.04 Å². The van der Waals surface area contributed by atoms with Gasteiger partial charge < -0.3 is 5.32 Å². The Morgan fingerprint density at radius 3 is 2.35 bits per heavy atom. The molecule has 1 aromatic carbocycles. The predicted octanol–water partition coefficient (Wildman–Crippen LogP) is 3.40. The largest absolute Gasteiger partial charge is 0.350 e. The molecule has 2 nitrogen and oxygen atoms in total. The molecule has 0 spiro atoms. The summed E-state index contributed by atoms with van der Waals surface area (Å²) in [5.41, 5.74) is 2.94.